The molecule has 1 aliphatic heterocycles. The van der Waals surface area contributed by atoms with Gasteiger partial charge in [-0.3, -0.25) is 4.79 Å². The summed E-state index contributed by atoms with van der Waals surface area (Å²) in [6, 6.07) is 0. The number of nitrogens with zero attached hydrogens (tertiary/aromatic N) is 2. The van der Waals surface area contributed by atoms with Crippen molar-refractivity contribution in [2.45, 2.75) is 25.7 Å². The highest BCUT2D eigenvalue weighted by Crippen LogP contribution is 2.07. The summed E-state index contributed by atoms with van der Waals surface area (Å²) in [5.41, 5.74) is 0. The monoisotopic (exact) mass is 279 g/mol. The Kier molecular flexibility index (Phi) is 6.00. The summed E-state index contributed by atoms with van der Waals surface area (Å²) in [5.74, 6) is -0.421. The number of carbonyl (C=O) groups excluding carboxylic acids is 1. The van der Waals surface area contributed by atoms with E-state index in [1.807, 2.05) is 0 Å². The van der Waals surface area contributed by atoms with Gasteiger partial charge in [-0.15, -0.1) is 4.83 Å². The quantitative estimate of drug-likeness (QED) is 0.676. The summed E-state index contributed by atoms with van der Waals surface area (Å²) < 4.78 is 29.4. The number of piperidine rings is 1. The minimum atomic E-state index is -3.56. The number of nitrogens with one attached hydrogen (secondary N) is 1. The van der Waals surface area contributed by atoms with Crippen molar-refractivity contribution >= 4 is 16.2 Å². The van der Waals surface area contributed by atoms with Crippen molar-refractivity contribution in [2.24, 2.45) is 0 Å². The molecule has 0 aromatic rings. The van der Waals surface area contributed by atoms with E-state index in [-0.39, 0.29) is 13.0 Å². The molecule has 1 N–H and O–H groups in total. The first-order valence-corrected chi connectivity index (χ1v) is 7.45. The van der Waals surface area contributed by atoms with E-state index in [0.717, 1.165) is 36.7 Å². The Morgan fingerprint density at radius 2 is 1.94 bits per heavy atom. The first-order valence-electron chi connectivity index (χ1n) is 6.01. The van der Waals surface area contributed by atoms with E-state index in [0.29, 0.717) is 0 Å². The number of rotatable bonds is 6. The predicted octanol–water partition coefficient (Wildman–Crippen LogP) is -0.283. The van der Waals surface area contributed by atoms with Crippen molar-refractivity contribution in [3.05, 3.63) is 0 Å². The Balaban J connectivity index is 2.43. The summed E-state index contributed by atoms with van der Waals surface area (Å²) >= 11 is 0. The molecule has 1 fully saturated rings. The lowest BCUT2D eigenvalue weighted by atomic mass is 10.2. The van der Waals surface area contributed by atoms with Crippen LogP contribution in [-0.2, 0) is 19.7 Å². The van der Waals surface area contributed by atoms with Crippen molar-refractivity contribution in [1.29, 1.82) is 0 Å². The molecule has 1 saturated heterocycles. The Labute approximate surface area is 108 Å². The molecule has 1 rings (SSSR count). The minimum Gasteiger partial charge on any atom is -0.469 e. The molecule has 0 saturated carbocycles. The van der Waals surface area contributed by atoms with Crippen LogP contribution in [0.1, 0.15) is 25.7 Å². The zero-order valence-electron chi connectivity index (χ0n) is 10.9. The lowest BCUT2D eigenvalue weighted by molar-refractivity contribution is -0.140. The molecule has 0 aromatic heterocycles. The fourth-order valence-corrected chi connectivity index (χ4v) is 2.67. The van der Waals surface area contributed by atoms with Gasteiger partial charge in [0.15, 0.2) is 0 Å². The summed E-state index contributed by atoms with van der Waals surface area (Å²) in [5, 5.41) is 1.70. The fourth-order valence-electron chi connectivity index (χ4n) is 1.69. The molecule has 8 heteroatoms. The third kappa shape index (κ3) is 4.89. The van der Waals surface area contributed by atoms with Crippen LogP contribution < -0.4 is 4.83 Å². The van der Waals surface area contributed by atoms with Crippen molar-refractivity contribution < 1.29 is 17.9 Å². The number of ether oxygens (including phenoxy) is 1. The number of methoxy groups -OCH3 is 1. The zero-order chi connectivity index (χ0) is 13.6. The van der Waals surface area contributed by atoms with Gasteiger partial charge in [0.2, 0.25) is 0 Å². The summed E-state index contributed by atoms with van der Waals surface area (Å²) in [4.78, 5) is 13.5. The summed E-state index contributed by atoms with van der Waals surface area (Å²) in [6.45, 7) is 1.56. The lowest BCUT2D eigenvalue weighted by Gasteiger charge is -2.28. The van der Waals surface area contributed by atoms with E-state index in [9.17, 15) is 13.2 Å². The van der Waals surface area contributed by atoms with Crippen LogP contribution in [0.15, 0.2) is 0 Å². The van der Waals surface area contributed by atoms with Gasteiger partial charge < -0.3 is 4.74 Å². The van der Waals surface area contributed by atoms with Gasteiger partial charge in [-0.05, 0) is 12.8 Å². The van der Waals surface area contributed by atoms with E-state index in [1.165, 1.54) is 14.2 Å². The van der Waals surface area contributed by atoms with E-state index >= 15 is 0 Å². The Hall–Kier alpha value is -0.700. The van der Waals surface area contributed by atoms with E-state index < -0.39 is 16.2 Å². The number of esters is 1. The van der Waals surface area contributed by atoms with Crippen LogP contribution in [0.3, 0.4) is 0 Å². The summed E-state index contributed by atoms with van der Waals surface area (Å²) in [6.07, 6.45) is 3.17. The average Bonchev–Trinajstić information content (AvgIpc) is 2.36. The molecule has 0 unspecified atom stereocenters. The van der Waals surface area contributed by atoms with Gasteiger partial charge in [-0.25, -0.2) is 5.01 Å². The molecule has 18 heavy (non-hydrogen) atoms. The predicted molar refractivity (Wildman–Crippen MR) is 66.7 cm³/mol. The second kappa shape index (κ2) is 7.03. The molecule has 0 amide bonds. The van der Waals surface area contributed by atoms with Gasteiger partial charge in [0.1, 0.15) is 0 Å². The lowest BCUT2D eigenvalue weighted by Crippen LogP contribution is -2.50. The molecule has 0 atom stereocenters. The molecule has 1 heterocycles. The van der Waals surface area contributed by atoms with Gasteiger partial charge in [-0.2, -0.15) is 12.7 Å². The van der Waals surface area contributed by atoms with Crippen LogP contribution in [0.5, 0.6) is 0 Å². The van der Waals surface area contributed by atoms with Crippen LogP contribution >= 0.6 is 0 Å². The number of carbonyl (C=O) groups is 1. The van der Waals surface area contributed by atoms with Gasteiger partial charge in [-0.1, -0.05) is 6.42 Å². The Morgan fingerprint density at radius 3 is 2.50 bits per heavy atom. The molecule has 7 nitrogen and oxygen atoms in total. The highest BCUT2D eigenvalue weighted by atomic mass is 32.2. The van der Waals surface area contributed by atoms with Gasteiger partial charge in [0, 0.05) is 26.7 Å². The molecule has 0 radical (unpaired) electrons. The van der Waals surface area contributed by atoms with Crippen LogP contribution in [-0.4, -0.2) is 57.5 Å². The topological polar surface area (TPSA) is 78.9 Å². The van der Waals surface area contributed by atoms with Crippen molar-refractivity contribution in [2.75, 3.05) is 33.8 Å². The molecule has 1 aliphatic rings. The first kappa shape index (κ1) is 15.4. The molecular formula is C10H21N3O4S. The van der Waals surface area contributed by atoms with E-state index in [2.05, 4.69) is 9.57 Å². The van der Waals surface area contributed by atoms with Crippen LogP contribution in [0, 0.1) is 0 Å². The third-order valence-corrected chi connectivity index (χ3v) is 4.36. The molecule has 0 spiro atoms. The number of hydrazine groups is 1. The van der Waals surface area contributed by atoms with E-state index in [1.54, 1.807) is 5.01 Å². The highest BCUT2D eigenvalue weighted by Gasteiger charge is 2.22. The van der Waals surface area contributed by atoms with Crippen LogP contribution in [0.2, 0.25) is 0 Å². The number of hydrogen-bond acceptors (Lipinski definition) is 5. The van der Waals surface area contributed by atoms with Gasteiger partial charge >= 0.3 is 5.97 Å². The second-order valence-corrected chi connectivity index (χ2v) is 6.05. The maximum absolute atomic E-state index is 11.9. The molecule has 0 bridgehead atoms. The molecule has 0 aliphatic carbocycles. The van der Waals surface area contributed by atoms with Gasteiger partial charge in [0.05, 0.1) is 13.5 Å². The minimum absolute atomic E-state index is 0.0495. The summed E-state index contributed by atoms with van der Waals surface area (Å²) in [7, 11) is -0.842. The average molecular weight is 279 g/mol. The van der Waals surface area contributed by atoms with Crippen molar-refractivity contribution in [1.82, 2.24) is 14.1 Å². The Morgan fingerprint density at radius 1 is 1.33 bits per heavy atom. The van der Waals surface area contributed by atoms with Crippen LogP contribution in [0.25, 0.3) is 0 Å². The molecular weight excluding hydrogens is 258 g/mol. The van der Waals surface area contributed by atoms with E-state index in [4.69, 9.17) is 0 Å². The second-order valence-electron chi connectivity index (χ2n) is 4.29. The molecule has 106 valence electrons. The Bertz CT molecular complexity index is 365. The maximum Gasteiger partial charge on any atom is 0.306 e. The smallest absolute Gasteiger partial charge is 0.306 e. The highest BCUT2D eigenvalue weighted by molar-refractivity contribution is 7.87. The zero-order valence-corrected chi connectivity index (χ0v) is 11.7. The van der Waals surface area contributed by atoms with Gasteiger partial charge in [0.25, 0.3) is 10.2 Å². The SMILES string of the molecule is COC(=O)CCN(C)S(=O)(=O)NN1CCCCC1. The first-order chi connectivity index (χ1) is 8.45. The normalized spacial score (nSPS) is 17.9. The van der Waals surface area contributed by atoms with Crippen molar-refractivity contribution in [3.8, 4) is 0 Å². The maximum atomic E-state index is 11.9. The molecule has 0 aromatic carbocycles. The van der Waals surface area contributed by atoms with Crippen molar-refractivity contribution in [3.63, 3.8) is 0 Å². The standard InChI is InChI=1S/C10H21N3O4S/c1-12(9-6-10(14)17-2)18(15,16)11-13-7-4-3-5-8-13/h11H,3-9H2,1-2H3. The number of hydrogen-bond donors (Lipinski definition) is 1. The van der Waals surface area contributed by atoms with Crippen LogP contribution in [0.4, 0.5) is 0 Å². The fraction of sp³-hybridized carbons (Fsp3) is 0.900. The third-order valence-electron chi connectivity index (χ3n) is 2.87. The largest absolute Gasteiger partial charge is 0.469 e.